The Kier molecular flexibility index (Phi) is 6.21. The number of hydrogen-bond donors (Lipinski definition) is 2. The number of para-hydroxylation sites is 1. The summed E-state index contributed by atoms with van der Waals surface area (Å²) in [4.78, 5) is 46.4. The van der Waals surface area contributed by atoms with E-state index in [0.717, 1.165) is 0 Å². The molecule has 0 aromatic heterocycles. The molecule has 134 valence electrons. The highest BCUT2D eigenvalue weighted by molar-refractivity contribution is 6.04. The van der Waals surface area contributed by atoms with E-state index in [4.69, 9.17) is 4.74 Å². The molecule has 0 saturated heterocycles. The SMILES string of the molecule is CC(=O)Nc1ccc(C(=O)OCC(=O)Nc2ccccc2C(C)=O)cc1. The van der Waals surface area contributed by atoms with Crippen molar-refractivity contribution in [2.45, 2.75) is 13.8 Å². The second-order valence-electron chi connectivity index (χ2n) is 5.48. The van der Waals surface area contributed by atoms with Gasteiger partial charge >= 0.3 is 5.97 Å². The van der Waals surface area contributed by atoms with Crippen LogP contribution in [-0.2, 0) is 14.3 Å². The fourth-order valence-electron chi connectivity index (χ4n) is 2.19. The Morgan fingerprint density at radius 1 is 0.885 bits per heavy atom. The Morgan fingerprint density at radius 2 is 1.54 bits per heavy atom. The topological polar surface area (TPSA) is 102 Å². The zero-order chi connectivity index (χ0) is 19.1. The Balaban J connectivity index is 1.92. The predicted molar refractivity (Wildman–Crippen MR) is 96.1 cm³/mol. The maximum absolute atomic E-state index is 12.0. The fraction of sp³-hybridized carbons (Fsp3) is 0.158. The maximum Gasteiger partial charge on any atom is 0.338 e. The summed E-state index contributed by atoms with van der Waals surface area (Å²) in [6.07, 6.45) is 0. The highest BCUT2D eigenvalue weighted by Gasteiger charge is 2.13. The molecular weight excluding hydrogens is 336 g/mol. The van der Waals surface area contributed by atoms with Crippen LogP contribution in [-0.4, -0.2) is 30.2 Å². The molecule has 2 aromatic rings. The van der Waals surface area contributed by atoms with Crippen LogP contribution < -0.4 is 10.6 Å². The van der Waals surface area contributed by atoms with Crippen LogP contribution in [0.1, 0.15) is 34.6 Å². The molecule has 26 heavy (non-hydrogen) atoms. The average Bonchev–Trinajstić information content (AvgIpc) is 2.60. The van der Waals surface area contributed by atoms with Gasteiger partial charge in [-0.05, 0) is 43.3 Å². The summed E-state index contributed by atoms with van der Waals surface area (Å²) < 4.78 is 4.96. The second kappa shape index (κ2) is 8.57. The molecule has 0 aliphatic rings. The van der Waals surface area contributed by atoms with E-state index in [1.54, 1.807) is 36.4 Å². The van der Waals surface area contributed by atoms with Crippen molar-refractivity contribution in [2.75, 3.05) is 17.2 Å². The van der Waals surface area contributed by atoms with Gasteiger partial charge in [-0.1, -0.05) is 12.1 Å². The number of rotatable bonds is 6. The molecule has 2 rings (SSSR count). The lowest BCUT2D eigenvalue weighted by Crippen LogP contribution is -2.22. The first-order chi connectivity index (χ1) is 12.4. The van der Waals surface area contributed by atoms with E-state index in [1.807, 2.05) is 0 Å². The highest BCUT2D eigenvalue weighted by atomic mass is 16.5. The standard InChI is InChI=1S/C19H18N2O5/c1-12(22)16-5-3-4-6-17(16)21-18(24)11-26-19(25)14-7-9-15(10-8-14)20-13(2)23/h3-10H,11H2,1-2H3,(H,20,23)(H,21,24). The van der Waals surface area contributed by atoms with Crippen molar-refractivity contribution in [1.82, 2.24) is 0 Å². The van der Waals surface area contributed by atoms with Crippen LogP contribution in [0.5, 0.6) is 0 Å². The first-order valence-electron chi connectivity index (χ1n) is 7.81. The average molecular weight is 354 g/mol. The van der Waals surface area contributed by atoms with Crippen molar-refractivity contribution in [3.63, 3.8) is 0 Å². The van der Waals surface area contributed by atoms with E-state index in [0.29, 0.717) is 16.9 Å². The van der Waals surface area contributed by atoms with Gasteiger partial charge in [0.05, 0.1) is 11.3 Å². The van der Waals surface area contributed by atoms with Crippen molar-refractivity contribution in [1.29, 1.82) is 0 Å². The number of ether oxygens (including phenoxy) is 1. The van der Waals surface area contributed by atoms with Gasteiger partial charge in [-0.2, -0.15) is 0 Å². The zero-order valence-corrected chi connectivity index (χ0v) is 14.4. The van der Waals surface area contributed by atoms with E-state index in [1.165, 1.54) is 26.0 Å². The third kappa shape index (κ3) is 5.27. The van der Waals surface area contributed by atoms with Crippen LogP contribution in [0.3, 0.4) is 0 Å². The van der Waals surface area contributed by atoms with Crippen molar-refractivity contribution >= 4 is 34.9 Å². The highest BCUT2D eigenvalue weighted by Crippen LogP contribution is 2.15. The van der Waals surface area contributed by atoms with Crippen LogP contribution >= 0.6 is 0 Å². The molecule has 0 unspecified atom stereocenters. The Morgan fingerprint density at radius 3 is 2.15 bits per heavy atom. The lowest BCUT2D eigenvalue weighted by Gasteiger charge is -2.09. The zero-order valence-electron chi connectivity index (χ0n) is 14.4. The Labute approximate surface area is 150 Å². The number of benzene rings is 2. The predicted octanol–water partition coefficient (Wildman–Crippen LogP) is 2.64. The van der Waals surface area contributed by atoms with Crippen LogP contribution in [0.2, 0.25) is 0 Å². The number of amides is 2. The summed E-state index contributed by atoms with van der Waals surface area (Å²) in [7, 11) is 0. The smallest absolute Gasteiger partial charge is 0.338 e. The molecule has 0 radical (unpaired) electrons. The van der Waals surface area contributed by atoms with Gasteiger partial charge in [-0.25, -0.2) is 4.79 Å². The van der Waals surface area contributed by atoms with Gasteiger partial charge in [0.25, 0.3) is 5.91 Å². The minimum Gasteiger partial charge on any atom is -0.452 e. The number of esters is 1. The van der Waals surface area contributed by atoms with Crippen LogP contribution in [0, 0.1) is 0 Å². The molecule has 2 N–H and O–H groups in total. The largest absolute Gasteiger partial charge is 0.452 e. The second-order valence-corrected chi connectivity index (χ2v) is 5.48. The summed E-state index contributed by atoms with van der Waals surface area (Å²) >= 11 is 0. The maximum atomic E-state index is 12.0. The fourth-order valence-corrected chi connectivity index (χ4v) is 2.19. The van der Waals surface area contributed by atoms with E-state index in [9.17, 15) is 19.2 Å². The number of carbonyl (C=O) groups is 4. The first kappa shape index (κ1) is 18.9. The van der Waals surface area contributed by atoms with Crippen LogP contribution in [0.4, 0.5) is 11.4 Å². The minimum absolute atomic E-state index is 0.183. The van der Waals surface area contributed by atoms with Gasteiger partial charge < -0.3 is 15.4 Å². The van der Waals surface area contributed by atoms with Crippen molar-refractivity contribution in [3.05, 3.63) is 59.7 Å². The Hall–Kier alpha value is -3.48. The lowest BCUT2D eigenvalue weighted by atomic mass is 10.1. The molecule has 0 atom stereocenters. The minimum atomic E-state index is -0.672. The number of ketones is 1. The van der Waals surface area contributed by atoms with Crippen molar-refractivity contribution < 1.29 is 23.9 Å². The van der Waals surface area contributed by atoms with E-state index in [2.05, 4.69) is 10.6 Å². The molecule has 0 fully saturated rings. The van der Waals surface area contributed by atoms with Gasteiger partial charge in [0.1, 0.15) is 0 Å². The summed E-state index contributed by atoms with van der Waals surface area (Å²) in [5.41, 5.74) is 1.53. The van der Waals surface area contributed by atoms with Gasteiger partial charge in [-0.15, -0.1) is 0 Å². The monoisotopic (exact) mass is 354 g/mol. The molecule has 2 amide bonds. The Bertz CT molecular complexity index is 843. The number of anilines is 2. The van der Waals surface area contributed by atoms with E-state index >= 15 is 0 Å². The molecule has 0 aliphatic heterocycles. The normalized spacial score (nSPS) is 9.92. The van der Waals surface area contributed by atoms with E-state index < -0.39 is 18.5 Å². The molecule has 2 aromatic carbocycles. The summed E-state index contributed by atoms with van der Waals surface area (Å²) in [5, 5.41) is 5.13. The van der Waals surface area contributed by atoms with E-state index in [-0.39, 0.29) is 17.3 Å². The number of carbonyl (C=O) groups excluding carboxylic acids is 4. The number of Topliss-reactive ketones (excluding diaryl/α,β-unsaturated/α-hetero) is 1. The van der Waals surface area contributed by atoms with Crippen molar-refractivity contribution in [3.8, 4) is 0 Å². The third-order valence-corrected chi connectivity index (χ3v) is 3.36. The lowest BCUT2D eigenvalue weighted by molar-refractivity contribution is -0.119. The van der Waals surface area contributed by atoms with Gasteiger partial charge in [0, 0.05) is 18.2 Å². The molecule has 7 nitrogen and oxygen atoms in total. The number of hydrogen-bond acceptors (Lipinski definition) is 5. The summed E-state index contributed by atoms with van der Waals surface area (Å²) in [5.74, 6) is -1.63. The molecule has 0 saturated carbocycles. The van der Waals surface area contributed by atoms with Gasteiger partial charge in [-0.3, -0.25) is 14.4 Å². The van der Waals surface area contributed by atoms with Gasteiger partial charge in [0.2, 0.25) is 5.91 Å². The quantitative estimate of drug-likeness (QED) is 0.613. The first-order valence-corrected chi connectivity index (χ1v) is 7.81. The third-order valence-electron chi connectivity index (χ3n) is 3.36. The molecule has 0 aliphatic carbocycles. The molecular formula is C19H18N2O5. The molecule has 0 heterocycles. The van der Waals surface area contributed by atoms with Crippen LogP contribution in [0.25, 0.3) is 0 Å². The van der Waals surface area contributed by atoms with Crippen LogP contribution in [0.15, 0.2) is 48.5 Å². The van der Waals surface area contributed by atoms with Crippen molar-refractivity contribution in [2.24, 2.45) is 0 Å². The molecule has 0 spiro atoms. The number of nitrogens with one attached hydrogen (secondary N) is 2. The van der Waals surface area contributed by atoms with Gasteiger partial charge in [0.15, 0.2) is 12.4 Å². The molecule has 7 heteroatoms. The summed E-state index contributed by atoms with van der Waals surface area (Å²) in [6, 6.07) is 12.6. The molecule has 0 bridgehead atoms. The summed E-state index contributed by atoms with van der Waals surface area (Å²) in [6.45, 7) is 2.29.